The molecule has 0 aliphatic heterocycles. The summed E-state index contributed by atoms with van der Waals surface area (Å²) in [5.41, 5.74) is 10.3. The van der Waals surface area contributed by atoms with Crippen LogP contribution in [-0.2, 0) is 9.59 Å². The number of nitrogens with two attached hydrogens (primary N) is 2. The molecular formula is C7H16N2O4. The summed E-state index contributed by atoms with van der Waals surface area (Å²) in [4.78, 5) is 19.0. The van der Waals surface area contributed by atoms with Gasteiger partial charge in [-0.25, -0.2) is 0 Å². The molecule has 0 fully saturated rings. The Morgan fingerprint density at radius 1 is 1.38 bits per heavy atom. The van der Waals surface area contributed by atoms with Crippen molar-refractivity contribution in [3.05, 3.63) is 0 Å². The van der Waals surface area contributed by atoms with Gasteiger partial charge in [0, 0.05) is 6.92 Å². The van der Waals surface area contributed by atoms with Crippen molar-refractivity contribution in [2.75, 3.05) is 6.54 Å². The highest BCUT2D eigenvalue weighted by Crippen LogP contribution is 1.91. The summed E-state index contributed by atoms with van der Waals surface area (Å²) < 4.78 is 0. The van der Waals surface area contributed by atoms with E-state index >= 15 is 0 Å². The molecule has 1 unspecified atom stereocenters. The first-order valence-electron chi connectivity index (χ1n) is 3.79. The Morgan fingerprint density at radius 2 is 1.77 bits per heavy atom. The average Bonchev–Trinajstić information content (AvgIpc) is 1.98. The van der Waals surface area contributed by atoms with E-state index < -0.39 is 18.0 Å². The van der Waals surface area contributed by atoms with Crippen molar-refractivity contribution in [2.45, 2.75) is 25.8 Å². The lowest BCUT2D eigenvalue weighted by atomic mass is 10.2. The Bertz CT molecular complexity index is 157. The van der Waals surface area contributed by atoms with Gasteiger partial charge in [-0.05, 0) is 19.4 Å². The molecule has 0 amide bonds. The lowest BCUT2D eigenvalue weighted by Crippen LogP contribution is -2.30. The van der Waals surface area contributed by atoms with Crippen LogP contribution in [-0.4, -0.2) is 34.7 Å². The van der Waals surface area contributed by atoms with Crippen LogP contribution in [0.5, 0.6) is 0 Å². The summed E-state index contributed by atoms with van der Waals surface area (Å²) in [6.45, 7) is 1.58. The molecule has 0 heterocycles. The summed E-state index contributed by atoms with van der Waals surface area (Å²) in [6.07, 6.45) is 1.14. The molecule has 13 heavy (non-hydrogen) atoms. The maximum absolute atomic E-state index is 10.0. The van der Waals surface area contributed by atoms with Crippen molar-refractivity contribution >= 4 is 11.9 Å². The number of carboxylic acids is 2. The Balaban J connectivity index is 0. The molecule has 0 radical (unpaired) electrons. The third kappa shape index (κ3) is 18.1. The first-order chi connectivity index (χ1) is 5.91. The summed E-state index contributed by atoms with van der Waals surface area (Å²) >= 11 is 0. The summed E-state index contributed by atoms with van der Waals surface area (Å²) in [6, 6.07) is -0.742. The third-order valence-electron chi connectivity index (χ3n) is 1.04. The molecule has 6 N–H and O–H groups in total. The Labute approximate surface area is 76.5 Å². The maximum Gasteiger partial charge on any atom is 0.320 e. The molecule has 6 nitrogen and oxygen atoms in total. The molecule has 0 saturated heterocycles. The molecule has 0 bridgehead atoms. The molecule has 0 aromatic carbocycles. The second-order valence-electron chi connectivity index (χ2n) is 2.39. The van der Waals surface area contributed by atoms with Crippen LogP contribution < -0.4 is 11.5 Å². The van der Waals surface area contributed by atoms with Gasteiger partial charge in [0.05, 0.1) is 0 Å². The highest BCUT2D eigenvalue weighted by molar-refractivity contribution is 5.72. The van der Waals surface area contributed by atoms with Crippen LogP contribution in [0, 0.1) is 0 Å². The van der Waals surface area contributed by atoms with Gasteiger partial charge in [0.15, 0.2) is 0 Å². The van der Waals surface area contributed by atoms with E-state index in [2.05, 4.69) is 0 Å². The minimum absolute atomic E-state index is 0.464. The second-order valence-corrected chi connectivity index (χ2v) is 2.39. The molecule has 0 saturated carbocycles. The quantitative estimate of drug-likeness (QED) is 0.463. The smallest absolute Gasteiger partial charge is 0.320 e. The highest BCUT2D eigenvalue weighted by atomic mass is 16.4. The zero-order chi connectivity index (χ0) is 10.9. The molecule has 0 aliphatic rings. The van der Waals surface area contributed by atoms with Gasteiger partial charge >= 0.3 is 5.97 Å². The predicted octanol–water partition coefficient (Wildman–Crippen LogP) is -0.772. The van der Waals surface area contributed by atoms with E-state index in [-0.39, 0.29) is 0 Å². The second kappa shape index (κ2) is 8.95. The largest absolute Gasteiger partial charge is 0.481 e. The molecule has 78 valence electrons. The normalized spacial score (nSPS) is 11.0. The minimum Gasteiger partial charge on any atom is -0.481 e. The van der Waals surface area contributed by atoms with Crippen molar-refractivity contribution in [3.8, 4) is 0 Å². The van der Waals surface area contributed by atoms with Crippen molar-refractivity contribution in [1.29, 1.82) is 0 Å². The third-order valence-corrected chi connectivity index (χ3v) is 1.04. The van der Waals surface area contributed by atoms with Gasteiger partial charge in [-0.15, -0.1) is 0 Å². The van der Waals surface area contributed by atoms with E-state index in [0.717, 1.165) is 6.92 Å². The molecular weight excluding hydrogens is 176 g/mol. The Hall–Kier alpha value is -1.14. The van der Waals surface area contributed by atoms with Gasteiger partial charge in [0.2, 0.25) is 0 Å². The first kappa shape index (κ1) is 14.4. The number of carboxylic acid groups (broad SMARTS) is 2. The van der Waals surface area contributed by atoms with Gasteiger partial charge < -0.3 is 21.7 Å². The first-order valence-corrected chi connectivity index (χ1v) is 3.79. The number of carbonyl (C=O) groups is 2. The SMILES string of the molecule is CC(=O)O.NCCCC(N)C(=O)O. The van der Waals surface area contributed by atoms with Gasteiger partial charge in [0.25, 0.3) is 5.97 Å². The van der Waals surface area contributed by atoms with E-state index in [1.807, 2.05) is 0 Å². The Morgan fingerprint density at radius 3 is 2.00 bits per heavy atom. The van der Waals surface area contributed by atoms with Crippen LogP contribution in [0.4, 0.5) is 0 Å². The zero-order valence-corrected chi connectivity index (χ0v) is 7.56. The number of hydrogen-bond donors (Lipinski definition) is 4. The topological polar surface area (TPSA) is 127 Å². The van der Waals surface area contributed by atoms with Gasteiger partial charge in [-0.1, -0.05) is 0 Å². The van der Waals surface area contributed by atoms with E-state index in [0.29, 0.717) is 19.4 Å². The number of hydrogen-bond acceptors (Lipinski definition) is 4. The zero-order valence-electron chi connectivity index (χ0n) is 7.56. The van der Waals surface area contributed by atoms with Gasteiger partial charge in [0.1, 0.15) is 6.04 Å². The molecule has 1 atom stereocenters. The van der Waals surface area contributed by atoms with Crippen LogP contribution in [0.15, 0.2) is 0 Å². The van der Waals surface area contributed by atoms with Crippen LogP contribution in [0.2, 0.25) is 0 Å². The van der Waals surface area contributed by atoms with Crippen molar-refractivity contribution in [2.24, 2.45) is 11.5 Å². The fourth-order valence-electron chi connectivity index (χ4n) is 0.461. The monoisotopic (exact) mass is 192 g/mol. The van der Waals surface area contributed by atoms with Crippen LogP contribution in [0.1, 0.15) is 19.8 Å². The lowest BCUT2D eigenvalue weighted by Gasteiger charge is -2.02. The number of rotatable bonds is 4. The van der Waals surface area contributed by atoms with E-state index in [9.17, 15) is 4.79 Å². The highest BCUT2D eigenvalue weighted by Gasteiger charge is 2.08. The fraction of sp³-hybridized carbons (Fsp3) is 0.714. The fourth-order valence-corrected chi connectivity index (χ4v) is 0.461. The number of aliphatic carboxylic acids is 2. The minimum atomic E-state index is -0.955. The van der Waals surface area contributed by atoms with E-state index in [4.69, 9.17) is 26.5 Å². The standard InChI is InChI=1S/C5H12N2O2.C2H4O2/c6-3-1-2-4(7)5(8)9;1-2(3)4/h4H,1-3,6-7H2,(H,8,9);1H3,(H,3,4). The molecule has 0 rings (SSSR count). The van der Waals surface area contributed by atoms with Crippen molar-refractivity contribution in [3.63, 3.8) is 0 Å². The van der Waals surface area contributed by atoms with E-state index in [1.54, 1.807) is 0 Å². The molecule has 6 heteroatoms. The van der Waals surface area contributed by atoms with Crippen LogP contribution in [0.25, 0.3) is 0 Å². The molecule has 0 aromatic heterocycles. The predicted molar refractivity (Wildman–Crippen MR) is 47.2 cm³/mol. The molecule has 0 spiro atoms. The van der Waals surface area contributed by atoms with Crippen molar-refractivity contribution < 1.29 is 19.8 Å². The Kier molecular flexibility index (Phi) is 9.91. The summed E-state index contributed by atoms with van der Waals surface area (Å²) in [5.74, 6) is -1.79. The molecule has 0 aromatic rings. The van der Waals surface area contributed by atoms with Gasteiger partial charge in [-0.2, -0.15) is 0 Å². The van der Waals surface area contributed by atoms with Crippen LogP contribution in [0.3, 0.4) is 0 Å². The molecule has 0 aliphatic carbocycles. The summed E-state index contributed by atoms with van der Waals surface area (Å²) in [5, 5.41) is 15.7. The average molecular weight is 192 g/mol. The lowest BCUT2D eigenvalue weighted by molar-refractivity contribution is -0.138. The van der Waals surface area contributed by atoms with Crippen LogP contribution >= 0.6 is 0 Å². The summed E-state index contributed by atoms with van der Waals surface area (Å²) in [7, 11) is 0. The van der Waals surface area contributed by atoms with E-state index in [1.165, 1.54) is 0 Å². The van der Waals surface area contributed by atoms with Crippen molar-refractivity contribution in [1.82, 2.24) is 0 Å². The maximum atomic E-state index is 10.0. The van der Waals surface area contributed by atoms with Gasteiger partial charge in [-0.3, -0.25) is 9.59 Å².